The molecule has 0 aromatic heterocycles. The number of carbonyl (C=O) groups is 2. The molecule has 1 aromatic carbocycles. The highest BCUT2D eigenvalue weighted by Gasteiger charge is 2.37. The monoisotopic (exact) mass is 340 g/mol. The number of rotatable bonds is 5. The molecule has 23 heavy (non-hydrogen) atoms. The predicted molar refractivity (Wildman–Crippen MR) is 91.3 cm³/mol. The minimum Gasteiger partial charge on any atom is -0.467 e. The second-order valence-electron chi connectivity index (χ2n) is 5.96. The number of nitrogens with two attached hydrogens (primary N) is 1. The maximum absolute atomic E-state index is 12.5. The van der Waals surface area contributed by atoms with Crippen molar-refractivity contribution in [2.75, 3.05) is 7.11 Å². The van der Waals surface area contributed by atoms with Crippen LogP contribution in [0.5, 0.6) is 0 Å². The molecule has 1 saturated carbocycles. The molecule has 1 aliphatic rings. The molecule has 0 heterocycles. The quantitative estimate of drug-likeness (QED) is 0.803. The van der Waals surface area contributed by atoms with Crippen LogP contribution in [0.25, 0.3) is 0 Å². The highest BCUT2D eigenvalue weighted by molar-refractivity contribution is 5.90. The molecule has 0 bridgehead atoms. The molecule has 0 saturated heterocycles. The number of amides is 1. The van der Waals surface area contributed by atoms with Crippen molar-refractivity contribution < 1.29 is 14.3 Å². The number of methoxy groups -OCH3 is 1. The topological polar surface area (TPSA) is 81.4 Å². The van der Waals surface area contributed by atoms with E-state index in [4.69, 9.17) is 10.5 Å². The lowest BCUT2D eigenvalue weighted by atomic mass is 9.81. The van der Waals surface area contributed by atoms with Crippen molar-refractivity contribution in [3.05, 3.63) is 35.9 Å². The molecule has 6 heteroatoms. The fourth-order valence-corrected chi connectivity index (χ4v) is 2.90. The zero-order valence-corrected chi connectivity index (χ0v) is 14.2. The van der Waals surface area contributed by atoms with E-state index < -0.39 is 17.6 Å². The minimum atomic E-state index is -0.860. The molecular weight excluding hydrogens is 316 g/mol. The molecule has 1 unspecified atom stereocenters. The van der Waals surface area contributed by atoms with Crippen molar-refractivity contribution >= 4 is 24.3 Å². The predicted octanol–water partition coefficient (Wildman–Crippen LogP) is 1.97. The van der Waals surface area contributed by atoms with Crippen molar-refractivity contribution in [1.29, 1.82) is 0 Å². The van der Waals surface area contributed by atoms with E-state index in [1.54, 1.807) is 0 Å². The van der Waals surface area contributed by atoms with Gasteiger partial charge in [-0.1, -0.05) is 49.6 Å². The zero-order valence-electron chi connectivity index (χ0n) is 13.4. The number of hydrogen-bond acceptors (Lipinski definition) is 4. The maximum atomic E-state index is 12.5. The Bertz CT molecular complexity index is 516. The van der Waals surface area contributed by atoms with Gasteiger partial charge >= 0.3 is 5.97 Å². The molecule has 5 nitrogen and oxygen atoms in total. The Morgan fingerprint density at radius 1 is 1.22 bits per heavy atom. The van der Waals surface area contributed by atoms with E-state index in [0.717, 1.165) is 24.8 Å². The summed E-state index contributed by atoms with van der Waals surface area (Å²) in [5.74, 6) is -0.699. The van der Waals surface area contributed by atoms with Gasteiger partial charge in [0.15, 0.2) is 0 Å². The van der Waals surface area contributed by atoms with Gasteiger partial charge in [-0.2, -0.15) is 0 Å². The third kappa shape index (κ3) is 5.22. The van der Waals surface area contributed by atoms with Crippen LogP contribution in [-0.4, -0.2) is 30.6 Å². The first-order valence-electron chi connectivity index (χ1n) is 7.77. The van der Waals surface area contributed by atoms with Gasteiger partial charge in [-0.3, -0.25) is 4.79 Å². The number of benzene rings is 1. The van der Waals surface area contributed by atoms with Crippen LogP contribution < -0.4 is 11.1 Å². The maximum Gasteiger partial charge on any atom is 0.328 e. The van der Waals surface area contributed by atoms with Crippen molar-refractivity contribution in [3.63, 3.8) is 0 Å². The zero-order chi connectivity index (χ0) is 16.0. The summed E-state index contributed by atoms with van der Waals surface area (Å²) in [6.07, 6.45) is 4.74. The smallest absolute Gasteiger partial charge is 0.328 e. The lowest BCUT2D eigenvalue weighted by Crippen LogP contribution is -2.58. The van der Waals surface area contributed by atoms with Gasteiger partial charge in [0.2, 0.25) is 5.91 Å². The van der Waals surface area contributed by atoms with E-state index in [-0.39, 0.29) is 18.3 Å². The first-order chi connectivity index (χ1) is 10.5. The third-order valence-corrected chi connectivity index (χ3v) is 4.27. The Morgan fingerprint density at radius 3 is 2.39 bits per heavy atom. The molecule has 2 rings (SSSR count). The number of carbonyl (C=O) groups excluding carboxylic acids is 2. The Balaban J connectivity index is 0.00000264. The summed E-state index contributed by atoms with van der Waals surface area (Å²) >= 11 is 0. The van der Waals surface area contributed by atoms with E-state index >= 15 is 0 Å². The highest BCUT2D eigenvalue weighted by atomic mass is 35.5. The Morgan fingerprint density at radius 2 is 1.83 bits per heavy atom. The van der Waals surface area contributed by atoms with Crippen LogP contribution in [0.15, 0.2) is 30.3 Å². The molecule has 1 amide bonds. The summed E-state index contributed by atoms with van der Waals surface area (Å²) in [4.78, 5) is 24.5. The second kappa shape index (κ2) is 8.89. The molecule has 0 aliphatic heterocycles. The second-order valence-corrected chi connectivity index (χ2v) is 5.96. The molecule has 1 fully saturated rings. The van der Waals surface area contributed by atoms with Gasteiger partial charge in [-0.25, -0.2) is 4.79 Å². The average molecular weight is 341 g/mol. The molecule has 1 atom stereocenters. The normalized spacial score (nSPS) is 17.5. The van der Waals surface area contributed by atoms with Gasteiger partial charge < -0.3 is 15.8 Å². The van der Waals surface area contributed by atoms with Gasteiger partial charge in [0, 0.05) is 6.42 Å². The lowest BCUT2D eigenvalue weighted by molar-refractivity contribution is -0.146. The van der Waals surface area contributed by atoms with Crippen molar-refractivity contribution in [1.82, 2.24) is 5.32 Å². The van der Waals surface area contributed by atoms with Gasteiger partial charge in [0.1, 0.15) is 6.04 Å². The van der Waals surface area contributed by atoms with Crippen molar-refractivity contribution in [3.8, 4) is 0 Å². The number of halogens is 1. The molecule has 1 aromatic rings. The van der Waals surface area contributed by atoms with Crippen LogP contribution >= 0.6 is 12.4 Å². The first kappa shape index (κ1) is 19.5. The van der Waals surface area contributed by atoms with Crippen LogP contribution in [0, 0.1) is 0 Å². The van der Waals surface area contributed by atoms with E-state index in [9.17, 15) is 9.59 Å². The fraction of sp³-hybridized carbons (Fsp3) is 0.529. The summed E-state index contributed by atoms with van der Waals surface area (Å²) in [6.45, 7) is 0. The fourth-order valence-electron chi connectivity index (χ4n) is 2.90. The number of ether oxygens (including phenoxy) is 1. The lowest BCUT2D eigenvalue weighted by Gasteiger charge is -2.33. The molecule has 1 aliphatic carbocycles. The van der Waals surface area contributed by atoms with E-state index in [1.165, 1.54) is 7.11 Å². The van der Waals surface area contributed by atoms with Crippen LogP contribution in [0.4, 0.5) is 0 Å². The van der Waals surface area contributed by atoms with Crippen LogP contribution in [-0.2, 0) is 20.7 Å². The first-order valence-corrected chi connectivity index (χ1v) is 7.77. The molecule has 3 N–H and O–H groups in total. The number of esters is 1. The minimum absolute atomic E-state index is 0. The molecule has 0 radical (unpaired) electrons. The molecule has 0 spiro atoms. The van der Waals surface area contributed by atoms with Crippen molar-refractivity contribution in [2.24, 2.45) is 5.73 Å². The molecular formula is C17H25ClN2O3. The number of hydrogen-bond donors (Lipinski definition) is 2. The van der Waals surface area contributed by atoms with E-state index in [1.807, 2.05) is 30.3 Å². The Kier molecular flexibility index (Phi) is 7.52. The Labute approximate surface area is 143 Å². The SMILES string of the molecule is COC(=O)C(Cc1ccccc1)NC(=O)C1(N)CCCCC1.Cl. The molecule has 128 valence electrons. The average Bonchev–Trinajstić information content (AvgIpc) is 2.55. The van der Waals surface area contributed by atoms with Crippen molar-refractivity contribution in [2.45, 2.75) is 50.1 Å². The van der Waals surface area contributed by atoms with Gasteiger partial charge in [0.05, 0.1) is 12.6 Å². The number of nitrogens with one attached hydrogen (secondary N) is 1. The standard InChI is InChI=1S/C17H24N2O3.ClH/c1-22-15(20)14(12-13-8-4-2-5-9-13)19-16(21)17(18)10-6-3-7-11-17;/h2,4-5,8-9,14H,3,6-7,10-12,18H2,1H3,(H,19,21);1H. The highest BCUT2D eigenvalue weighted by Crippen LogP contribution is 2.26. The third-order valence-electron chi connectivity index (χ3n) is 4.27. The summed E-state index contributed by atoms with van der Waals surface area (Å²) < 4.78 is 4.81. The summed E-state index contributed by atoms with van der Waals surface area (Å²) in [7, 11) is 1.32. The van der Waals surface area contributed by atoms with Gasteiger partial charge in [-0.15, -0.1) is 12.4 Å². The van der Waals surface area contributed by atoms with Crippen LogP contribution in [0.2, 0.25) is 0 Å². The Hall–Kier alpha value is -1.59. The summed E-state index contributed by atoms with van der Waals surface area (Å²) in [6, 6.07) is 8.84. The van der Waals surface area contributed by atoms with Gasteiger partial charge in [-0.05, 0) is 18.4 Å². The van der Waals surface area contributed by atoms with E-state index in [0.29, 0.717) is 19.3 Å². The summed E-state index contributed by atoms with van der Waals surface area (Å²) in [5.41, 5.74) is 6.33. The largest absolute Gasteiger partial charge is 0.467 e. The van der Waals surface area contributed by atoms with E-state index in [2.05, 4.69) is 5.32 Å². The summed E-state index contributed by atoms with van der Waals surface area (Å²) in [5, 5.41) is 2.79. The van der Waals surface area contributed by atoms with Crippen LogP contribution in [0.1, 0.15) is 37.7 Å². The van der Waals surface area contributed by atoms with Gasteiger partial charge in [0.25, 0.3) is 0 Å². The van der Waals surface area contributed by atoms with Crippen LogP contribution in [0.3, 0.4) is 0 Å².